The molecule has 27 heavy (non-hydrogen) atoms. The Morgan fingerprint density at radius 1 is 0.630 bits per heavy atom. The van der Waals surface area contributed by atoms with Gasteiger partial charge >= 0.3 is 0 Å². The fourth-order valence-corrected chi connectivity index (χ4v) is 3.92. The Morgan fingerprint density at radius 2 is 0.963 bits per heavy atom. The third-order valence-electron chi connectivity index (χ3n) is 4.98. The van der Waals surface area contributed by atoms with Crippen LogP contribution in [0.25, 0.3) is 0 Å². The van der Waals surface area contributed by atoms with Crippen LogP contribution in [0.2, 0.25) is 0 Å². The van der Waals surface area contributed by atoms with E-state index >= 15 is 0 Å². The molecule has 0 aromatic heterocycles. The zero-order valence-corrected chi connectivity index (χ0v) is 16.5. The summed E-state index contributed by atoms with van der Waals surface area (Å²) in [5, 5.41) is 0. The normalized spacial score (nSPS) is 11.9. The molecule has 3 heteroatoms. The summed E-state index contributed by atoms with van der Waals surface area (Å²) in [7, 11) is 8.03. The summed E-state index contributed by atoms with van der Waals surface area (Å²) in [6.07, 6.45) is 0. The molecule has 0 aliphatic rings. The van der Waals surface area contributed by atoms with E-state index < -0.39 is 5.54 Å². The molecule has 3 aromatic rings. The van der Waals surface area contributed by atoms with Crippen molar-refractivity contribution in [2.24, 2.45) is 4.99 Å². The Labute approximate surface area is 162 Å². The molecule has 0 unspecified atom stereocenters. The summed E-state index contributed by atoms with van der Waals surface area (Å²) in [4.78, 5) is 8.93. The summed E-state index contributed by atoms with van der Waals surface area (Å²) in [6, 6.07) is 31.9. The highest BCUT2D eigenvalue weighted by Crippen LogP contribution is 2.41. The molecule has 0 heterocycles. The van der Waals surface area contributed by atoms with E-state index in [0.717, 1.165) is 5.96 Å². The molecule has 0 N–H and O–H groups in total. The van der Waals surface area contributed by atoms with Gasteiger partial charge in [0.25, 0.3) is 0 Å². The highest BCUT2D eigenvalue weighted by molar-refractivity contribution is 5.82. The summed E-state index contributed by atoms with van der Waals surface area (Å²) >= 11 is 0. The predicted octanol–water partition coefficient (Wildman–Crippen LogP) is 4.46. The first-order valence-corrected chi connectivity index (χ1v) is 9.17. The van der Waals surface area contributed by atoms with Gasteiger partial charge in [0.2, 0.25) is 0 Å². The molecule has 0 fully saturated rings. The van der Waals surface area contributed by atoms with Crippen molar-refractivity contribution in [1.82, 2.24) is 9.80 Å². The van der Waals surface area contributed by atoms with Crippen molar-refractivity contribution in [2.45, 2.75) is 5.54 Å². The maximum absolute atomic E-state index is 4.60. The topological polar surface area (TPSA) is 18.8 Å². The largest absolute Gasteiger partial charge is 0.349 e. The predicted molar refractivity (Wildman–Crippen MR) is 114 cm³/mol. The van der Waals surface area contributed by atoms with Crippen LogP contribution in [0.5, 0.6) is 0 Å². The monoisotopic (exact) mass is 357 g/mol. The molecule has 3 rings (SSSR count). The molecule has 138 valence electrons. The number of guanidine groups is 1. The van der Waals surface area contributed by atoms with E-state index in [4.69, 9.17) is 0 Å². The molecule has 0 saturated heterocycles. The van der Waals surface area contributed by atoms with Gasteiger partial charge in [-0.05, 0) is 16.7 Å². The van der Waals surface area contributed by atoms with Gasteiger partial charge in [0.15, 0.2) is 5.96 Å². The molecule has 0 bridgehead atoms. The third-order valence-corrected chi connectivity index (χ3v) is 4.98. The van der Waals surface area contributed by atoms with E-state index in [-0.39, 0.29) is 0 Å². The van der Waals surface area contributed by atoms with Crippen LogP contribution >= 0.6 is 0 Å². The first-order valence-electron chi connectivity index (χ1n) is 9.17. The highest BCUT2D eigenvalue weighted by Gasteiger charge is 2.42. The first-order chi connectivity index (χ1) is 13.1. The fourth-order valence-electron chi connectivity index (χ4n) is 3.92. The van der Waals surface area contributed by atoms with Gasteiger partial charge < -0.3 is 9.80 Å². The van der Waals surface area contributed by atoms with Crippen LogP contribution in [0.4, 0.5) is 0 Å². The number of benzene rings is 3. The molecule has 0 spiro atoms. The van der Waals surface area contributed by atoms with Crippen LogP contribution in [-0.2, 0) is 5.54 Å². The second-order valence-corrected chi connectivity index (χ2v) is 6.79. The Kier molecular flexibility index (Phi) is 5.60. The average Bonchev–Trinajstić information content (AvgIpc) is 2.71. The van der Waals surface area contributed by atoms with E-state index in [0.29, 0.717) is 0 Å². The minimum absolute atomic E-state index is 0.497. The zero-order chi connectivity index (χ0) is 19.3. The van der Waals surface area contributed by atoms with Crippen molar-refractivity contribution in [3.05, 3.63) is 108 Å². The molecule has 0 aliphatic carbocycles. The quantitative estimate of drug-likeness (QED) is 0.390. The van der Waals surface area contributed by atoms with Gasteiger partial charge in [-0.15, -0.1) is 0 Å². The van der Waals surface area contributed by atoms with Crippen molar-refractivity contribution in [3.8, 4) is 0 Å². The SMILES string of the molecule is CN=C(N(C)C)N(C)C(c1ccccc1)(c1ccccc1)c1ccccc1. The van der Waals surface area contributed by atoms with Crippen molar-refractivity contribution in [2.75, 3.05) is 28.2 Å². The lowest BCUT2D eigenvalue weighted by atomic mass is 9.76. The molecule has 0 atom stereocenters. The van der Waals surface area contributed by atoms with Crippen LogP contribution in [0.15, 0.2) is 96.0 Å². The lowest BCUT2D eigenvalue weighted by molar-refractivity contribution is 0.283. The van der Waals surface area contributed by atoms with Crippen LogP contribution < -0.4 is 0 Å². The lowest BCUT2D eigenvalue weighted by Gasteiger charge is -2.46. The Hall–Kier alpha value is -3.07. The number of nitrogens with zero attached hydrogens (tertiary/aromatic N) is 3. The van der Waals surface area contributed by atoms with Crippen molar-refractivity contribution < 1.29 is 0 Å². The maximum Gasteiger partial charge on any atom is 0.196 e. The van der Waals surface area contributed by atoms with Crippen LogP contribution in [0.1, 0.15) is 16.7 Å². The van der Waals surface area contributed by atoms with Gasteiger partial charge in [-0.2, -0.15) is 0 Å². The zero-order valence-electron chi connectivity index (χ0n) is 16.5. The van der Waals surface area contributed by atoms with Gasteiger partial charge in [0.05, 0.1) is 0 Å². The van der Waals surface area contributed by atoms with E-state index in [2.05, 4.69) is 113 Å². The summed E-state index contributed by atoms with van der Waals surface area (Å²) < 4.78 is 0. The average molecular weight is 358 g/mol. The second-order valence-electron chi connectivity index (χ2n) is 6.79. The lowest BCUT2D eigenvalue weighted by Crippen LogP contribution is -2.52. The Bertz CT molecular complexity index is 775. The van der Waals surface area contributed by atoms with E-state index in [1.54, 1.807) is 0 Å². The Morgan fingerprint density at radius 3 is 1.22 bits per heavy atom. The number of aliphatic imine (C=N–C) groups is 1. The number of rotatable bonds is 4. The van der Waals surface area contributed by atoms with Crippen LogP contribution in [-0.4, -0.2) is 44.0 Å². The van der Waals surface area contributed by atoms with Crippen molar-refractivity contribution in [1.29, 1.82) is 0 Å². The summed E-state index contributed by atoms with van der Waals surface area (Å²) in [5.41, 5.74) is 3.11. The minimum atomic E-state index is -0.497. The number of hydrogen-bond acceptors (Lipinski definition) is 1. The van der Waals surface area contributed by atoms with Crippen LogP contribution in [0.3, 0.4) is 0 Å². The van der Waals surface area contributed by atoms with Gasteiger partial charge in [-0.1, -0.05) is 91.0 Å². The molecule has 0 saturated carbocycles. The molecule has 3 nitrogen and oxygen atoms in total. The van der Waals surface area contributed by atoms with E-state index in [1.807, 2.05) is 21.1 Å². The van der Waals surface area contributed by atoms with E-state index in [1.165, 1.54) is 16.7 Å². The highest BCUT2D eigenvalue weighted by atomic mass is 15.4. The third kappa shape index (κ3) is 3.33. The molecular weight excluding hydrogens is 330 g/mol. The van der Waals surface area contributed by atoms with Gasteiger partial charge in [-0.3, -0.25) is 4.99 Å². The molecule has 0 radical (unpaired) electrons. The van der Waals surface area contributed by atoms with Gasteiger partial charge in [-0.25, -0.2) is 0 Å². The summed E-state index contributed by atoms with van der Waals surface area (Å²) in [5.74, 6) is 0.909. The molecular formula is C24H27N3. The van der Waals surface area contributed by atoms with Gasteiger partial charge in [0.1, 0.15) is 5.54 Å². The molecule has 0 aliphatic heterocycles. The molecule has 3 aromatic carbocycles. The minimum Gasteiger partial charge on any atom is -0.349 e. The number of hydrogen-bond donors (Lipinski definition) is 0. The van der Waals surface area contributed by atoms with Crippen LogP contribution in [0, 0.1) is 0 Å². The van der Waals surface area contributed by atoms with Crippen molar-refractivity contribution in [3.63, 3.8) is 0 Å². The van der Waals surface area contributed by atoms with E-state index in [9.17, 15) is 0 Å². The summed E-state index contributed by atoms with van der Waals surface area (Å²) in [6.45, 7) is 0. The van der Waals surface area contributed by atoms with Crippen molar-refractivity contribution >= 4 is 5.96 Å². The standard InChI is InChI=1S/C24H27N3/c1-25-23(26(2)3)27(4)24(20-14-8-5-9-15-20,21-16-10-6-11-17-21)22-18-12-7-13-19-22/h5-19H,1-4H3. The smallest absolute Gasteiger partial charge is 0.196 e. The first kappa shape index (κ1) is 18.7. The molecule has 0 amide bonds. The van der Waals surface area contributed by atoms with Gasteiger partial charge in [0, 0.05) is 28.2 Å². The Balaban J connectivity index is 2.40. The second kappa shape index (κ2) is 8.09. The fraction of sp³-hybridized carbons (Fsp3) is 0.208. The maximum atomic E-state index is 4.60.